The maximum absolute atomic E-state index is 5.76. The standard InChI is InChI=1S/C12H21N3O/c1-5-6-8(2)16-12-11(7-13)9(3)10(4)14-15-12/h8H,5-7,13H2,1-4H3. The summed E-state index contributed by atoms with van der Waals surface area (Å²) < 4.78 is 5.76. The minimum Gasteiger partial charge on any atom is -0.473 e. The number of aromatic nitrogens is 2. The van der Waals surface area contributed by atoms with Crippen LogP contribution in [0.15, 0.2) is 0 Å². The van der Waals surface area contributed by atoms with Crippen LogP contribution in [0.4, 0.5) is 0 Å². The molecule has 0 aliphatic rings. The van der Waals surface area contributed by atoms with Gasteiger partial charge in [-0.2, -0.15) is 5.10 Å². The fraction of sp³-hybridized carbons (Fsp3) is 0.667. The molecular weight excluding hydrogens is 202 g/mol. The van der Waals surface area contributed by atoms with Crippen molar-refractivity contribution in [2.45, 2.75) is 53.2 Å². The van der Waals surface area contributed by atoms with Crippen molar-refractivity contribution in [3.8, 4) is 5.88 Å². The summed E-state index contributed by atoms with van der Waals surface area (Å²) in [6, 6.07) is 0. The smallest absolute Gasteiger partial charge is 0.238 e. The average molecular weight is 223 g/mol. The third kappa shape index (κ3) is 2.92. The molecule has 0 radical (unpaired) electrons. The van der Waals surface area contributed by atoms with Crippen molar-refractivity contribution in [1.29, 1.82) is 0 Å². The molecule has 1 unspecified atom stereocenters. The Morgan fingerprint density at radius 2 is 2.00 bits per heavy atom. The Morgan fingerprint density at radius 3 is 2.56 bits per heavy atom. The van der Waals surface area contributed by atoms with Crippen molar-refractivity contribution >= 4 is 0 Å². The van der Waals surface area contributed by atoms with E-state index in [1.807, 2.05) is 20.8 Å². The largest absolute Gasteiger partial charge is 0.473 e. The molecule has 4 nitrogen and oxygen atoms in total. The third-order valence-corrected chi connectivity index (χ3v) is 2.76. The van der Waals surface area contributed by atoms with Gasteiger partial charge in [0.25, 0.3) is 0 Å². The number of aryl methyl sites for hydroxylation is 1. The first-order chi connectivity index (χ1) is 7.60. The van der Waals surface area contributed by atoms with Crippen molar-refractivity contribution in [1.82, 2.24) is 10.2 Å². The van der Waals surface area contributed by atoms with E-state index < -0.39 is 0 Å². The normalized spacial score (nSPS) is 12.6. The lowest BCUT2D eigenvalue weighted by Crippen LogP contribution is -2.16. The van der Waals surface area contributed by atoms with Gasteiger partial charge in [-0.25, -0.2) is 0 Å². The van der Waals surface area contributed by atoms with E-state index in [0.29, 0.717) is 12.4 Å². The molecule has 0 aliphatic heterocycles. The van der Waals surface area contributed by atoms with Crippen LogP contribution in [0.5, 0.6) is 5.88 Å². The van der Waals surface area contributed by atoms with Gasteiger partial charge in [0.05, 0.1) is 11.8 Å². The van der Waals surface area contributed by atoms with Crippen LogP contribution in [-0.4, -0.2) is 16.3 Å². The Bertz CT molecular complexity index is 352. The van der Waals surface area contributed by atoms with Crippen LogP contribution in [0.2, 0.25) is 0 Å². The lowest BCUT2D eigenvalue weighted by Gasteiger charge is -2.16. The number of hydrogen-bond acceptors (Lipinski definition) is 4. The lowest BCUT2D eigenvalue weighted by molar-refractivity contribution is 0.196. The highest BCUT2D eigenvalue weighted by Crippen LogP contribution is 2.21. The summed E-state index contributed by atoms with van der Waals surface area (Å²) in [5, 5.41) is 8.15. The Balaban J connectivity index is 2.91. The van der Waals surface area contributed by atoms with Gasteiger partial charge in [-0.05, 0) is 32.8 Å². The van der Waals surface area contributed by atoms with Gasteiger partial charge < -0.3 is 10.5 Å². The average Bonchev–Trinajstić information content (AvgIpc) is 2.24. The molecule has 1 heterocycles. The van der Waals surface area contributed by atoms with E-state index in [0.717, 1.165) is 29.7 Å². The summed E-state index contributed by atoms with van der Waals surface area (Å²) in [7, 11) is 0. The van der Waals surface area contributed by atoms with Crippen molar-refractivity contribution in [3.05, 3.63) is 16.8 Å². The van der Waals surface area contributed by atoms with Crippen molar-refractivity contribution in [2.24, 2.45) is 5.73 Å². The van der Waals surface area contributed by atoms with Gasteiger partial charge in [-0.15, -0.1) is 5.10 Å². The van der Waals surface area contributed by atoms with Gasteiger partial charge in [-0.1, -0.05) is 13.3 Å². The highest BCUT2D eigenvalue weighted by atomic mass is 16.5. The molecule has 0 fully saturated rings. The quantitative estimate of drug-likeness (QED) is 0.830. The highest BCUT2D eigenvalue weighted by molar-refractivity contribution is 5.35. The predicted octanol–water partition coefficient (Wildman–Crippen LogP) is 2.12. The molecule has 0 aliphatic carbocycles. The maximum Gasteiger partial charge on any atom is 0.238 e. The predicted molar refractivity (Wildman–Crippen MR) is 64.4 cm³/mol. The van der Waals surface area contributed by atoms with Crippen LogP contribution in [-0.2, 0) is 6.54 Å². The van der Waals surface area contributed by atoms with Crippen LogP contribution in [0.3, 0.4) is 0 Å². The molecule has 0 aromatic carbocycles. The van der Waals surface area contributed by atoms with E-state index >= 15 is 0 Å². The second-order valence-corrected chi connectivity index (χ2v) is 4.12. The molecule has 16 heavy (non-hydrogen) atoms. The number of ether oxygens (including phenoxy) is 1. The molecule has 0 amide bonds. The summed E-state index contributed by atoms with van der Waals surface area (Å²) in [5.74, 6) is 0.589. The molecule has 0 bridgehead atoms. The summed E-state index contributed by atoms with van der Waals surface area (Å²) in [6.07, 6.45) is 2.27. The number of hydrogen-bond donors (Lipinski definition) is 1. The molecule has 0 spiro atoms. The summed E-state index contributed by atoms with van der Waals surface area (Å²) in [6.45, 7) is 8.55. The highest BCUT2D eigenvalue weighted by Gasteiger charge is 2.13. The minimum absolute atomic E-state index is 0.159. The summed E-state index contributed by atoms with van der Waals surface area (Å²) in [5.41, 5.74) is 8.68. The van der Waals surface area contributed by atoms with Crippen LogP contribution in [0.1, 0.15) is 43.5 Å². The lowest BCUT2D eigenvalue weighted by atomic mass is 10.1. The zero-order valence-electron chi connectivity index (χ0n) is 10.6. The molecule has 1 aromatic heterocycles. The van der Waals surface area contributed by atoms with Gasteiger partial charge in [0.1, 0.15) is 0 Å². The second kappa shape index (κ2) is 5.80. The van der Waals surface area contributed by atoms with E-state index in [1.165, 1.54) is 0 Å². The molecular formula is C12H21N3O. The van der Waals surface area contributed by atoms with Gasteiger partial charge in [0.15, 0.2) is 0 Å². The summed E-state index contributed by atoms with van der Waals surface area (Å²) in [4.78, 5) is 0. The van der Waals surface area contributed by atoms with E-state index in [4.69, 9.17) is 10.5 Å². The fourth-order valence-corrected chi connectivity index (χ4v) is 1.63. The third-order valence-electron chi connectivity index (χ3n) is 2.76. The van der Waals surface area contributed by atoms with Gasteiger partial charge in [0, 0.05) is 12.1 Å². The van der Waals surface area contributed by atoms with Crippen molar-refractivity contribution < 1.29 is 4.74 Å². The SMILES string of the molecule is CCCC(C)Oc1nnc(C)c(C)c1CN. The first-order valence-corrected chi connectivity index (χ1v) is 5.79. The molecule has 2 N–H and O–H groups in total. The zero-order chi connectivity index (χ0) is 12.1. The maximum atomic E-state index is 5.76. The van der Waals surface area contributed by atoms with Crippen molar-refractivity contribution in [3.63, 3.8) is 0 Å². The van der Waals surface area contributed by atoms with Crippen LogP contribution in [0, 0.1) is 13.8 Å². The summed E-state index contributed by atoms with van der Waals surface area (Å²) >= 11 is 0. The second-order valence-electron chi connectivity index (χ2n) is 4.12. The van der Waals surface area contributed by atoms with Gasteiger partial charge >= 0.3 is 0 Å². The topological polar surface area (TPSA) is 61.0 Å². The van der Waals surface area contributed by atoms with Crippen LogP contribution >= 0.6 is 0 Å². The Hall–Kier alpha value is -1.16. The fourth-order valence-electron chi connectivity index (χ4n) is 1.63. The van der Waals surface area contributed by atoms with Gasteiger partial charge in [0.2, 0.25) is 5.88 Å². The van der Waals surface area contributed by atoms with E-state index in [1.54, 1.807) is 0 Å². The zero-order valence-corrected chi connectivity index (χ0v) is 10.6. The van der Waals surface area contributed by atoms with Gasteiger partial charge in [-0.3, -0.25) is 0 Å². The first-order valence-electron chi connectivity index (χ1n) is 5.79. The van der Waals surface area contributed by atoms with E-state index in [2.05, 4.69) is 17.1 Å². The number of rotatable bonds is 5. The van der Waals surface area contributed by atoms with E-state index in [-0.39, 0.29) is 6.10 Å². The van der Waals surface area contributed by atoms with Crippen LogP contribution in [0.25, 0.3) is 0 Å². The van der Waals surface area contributed by atoms with E-state index in [9.17, 15) is 0 Å². The molecule has 1 atom stereocenters. The molecule has 1 aromatic rings. The Labute approximate surface area is 97.2 Å². The first kappa shape index (κ1) is 12.9. The molecule has 90 valence electrons. The monoisotopic (exact) mass is 223 g/mol. The molecule has 4 heteroatoms. The Kier molecular flexibility index (Phi) is 4.68. The number of nitrogens with two attached hydrogens (primary N) is 1. The van der Waals surface area contributed by atoms with Crippen LogP contribution < -0.4 is 10.5 Å². The number of nitrogens with zero attached hydrogens (tertiary/aromatic N) is 2. The van der Waals surface area contributed by atoms with Crippen molar-refractivity contribution in [2.75, 3.05) is 0 Å². The molecule has 0 saturated carbocycles. The minimum atomic E-state index is 0.159. The molecule has 0 saturated heterocycles. The molecule has 1 rings (SSSR count). The Morgan fingerprint density at radius 1 is 1.31 bits per heavy atom.